The van der Waals surface area contributed by atoms with Gasteiger partial charge in [-0.2, -0.15) is 0 Å². The lowest BCUT2D eigenvalue weighted by atomic mass is 9.78. The molecule has 6 atom stereocenters. The second kappa shape index (κ2) is 10.2. The van der Waals surface area contributed by atoms with Crippen LogP contribution in [0.25, 0.3) is 10.8 Å². The number of esters is 1. The van der Waals surface area contributed by atoms with Gasteiger partial charge in [0.05, 0.1) is 35.8 Å². The first-order valence-electron chi connectivity index (χ1n) is 14.0. The largest absolute Gasteiger partial charge is 0.465 e. The van der Waals surface area contributed by atoms with Crippen LogP contribution in [-0.4, -0.2) is 63.6 Å². The Balaban J connectivity index is 1.38. The number of rotatable bonds is 4. The number of cyclic esters (lactones) is 1. The van der Waals surface area contributed by atoms with Gasteiger partial charge in [0.25, 0.3) is 5.91 Å². The van der Waals surface area contributed by atoms with E-state index in [1.807, 2.05) is 97.1 Å². The zero-order valence-corrected chi connectivity index (χ0v) is 23.2. The second-order valence-corrected chi connectivity index (χ2v) is 12.5. The summed E-state index contributed by atoms with van der Waals surface area (Å²) in [5.74, 6) is -2.46. The summed E-state index contributed by atoms with van der Waals surface area (Å²) >= 11 is 1.50. The molecular weight excluding hydrogens is 536 g/mol. The summed E-state index contributed by atoms with van der Waals surface area (Å²) in [6.07, 6.45) is 8.55. The van der Waals surface area contributed by atoms with Crippen LogP contribution in [0.15, 0.2) is 97.1 Å². The van der Waals surface area contributed by atoms with Crippen molar-refractivity contribution < 1.29 is 24.2 Å². The lowest BCUT2D eigenvalue weighted by Crippen LogP contribution is -2.54. The zero-order valence-electron chi connectivity index (χ0n) is 22.3. The molecular formula is C33H30N2O5S. The SMILES string of the molecule is O=C1OCCC=C[C@H]2S[C@]34C=CCN(c5ccc6ccccc6c5)C(=O)C3N([C@H](CO)c3ccccc3)C(=O)[C@@H]4[C@@H]12. The third-order valence-corrected chi connectivity index (χ3v) is 10.5. The smallest absolute Gasteiger partial charge is 0.311 e. The zero-order chi connectivity index (χ0) is 28.1. The van der Waals surface area contributed by atoms with E-state index in [9.17, 15) is 19.5 Å². The van der Waals surface area contributed by atoms with Gasteiger partial charge >= 0.3 is 5.97 Å². The van der Waals surface area contributed by atoms with Gasteiger partial charge in [-0.05, 0) is 34.9 Å². The highest BCUT2D eigenvalue weighted by Gasteiger charge is 2.72. The summed E-state index contributed by atoms with van der Waals surface area (Å²) < 4.78 is 4.59. The van der Waals surface area contributed by atoms with Crippen LogP contribution in [0, 0.1) is 11.8 Å². The number of anilines is 1. The van der Waals surface area contributed by atoms with E-state index in [-0.39, 0.29) is 30.3 Å². The second-order valence-electron chi connectivity index (χ2n) is 11.0. The predicted molar refractivity (Wildman–Crippen MR) is 158 cm³/mol. The van der Waals surface area contributed by atoms with E-state index in [0.29, 0.717) is 13.0 Å². The molecule has 1 unspecified atom stereocenters. The molecule has 4 aliphatic rings. The number of amides is 2. The normalized spacial score (nSPS) is 29.8. The molecule has 41 heavy (non-hydrogen) atoms. The lowest BCUT2D eigenvalue weighted by molar-refractivity contribution is -0.153. The van der Waals surface area contributed by atoms with Gasteiger partial charge in [-0.1, -0.05) is 85.0 Å². The average Bonchev–Trinajstić information content (AvgIpc) is 3.37. The first kappa shape index (κ1) is 26.0. The third kappa shape index (κ3) is 4.03. The number of hydrogen-bond acceptors (Lipinski definition) is 6. The Morgan fingerprint density at radius 3 is 2.54 bits per heavy atom. The number of carbonyl (C=O) groups is 3. The number of ether oxygens (including phenoxy) is 1. The van der Waals surface area contributed by atoms with Gasteiger partial charge in [-0.25, -0.2) is 0 Å². The number of nitrogens with zero attached hydrogens (tertiary/aromatic N) is 2. The molecule has 1 spiro atoms. The van der Waals surface area contributed by atoms with Crippen LogP contribution >= 0.6 is 11.8 Å². The van der Waals surface area contributed by atoms with Crippen LogP contribution in [0.2, 0.25) is 0 Å². The molecule has 4 heterocycles. The first-order valence-corrected chi connectivity index (χ1v) is 14.9. The summed E-state index contributed by atoms with van der Waals surface area (Å²) in [6.45, 7) is 0.235. The van der Waals surface area contributed by atoms with Gasteiger partial charge in [0, 0.05) is 17.5 Å². The Bertz CT molecular complexity index is 1590. The highest BCUT2D eigenvalue weighted by atomic mass is 32.2. The van der Waals surface area contributed by atoms with E-state index >= 15 is 0 Å². The van der Waals surface area contributed by atoms with Crippen LogP contribution < -0.4 is 4.90 Å². The van der Waals surface area contributed by atoms with Crippen molar-refractivity contribution in [3.05, 3.63) is 103 Å². The Morgan fingerprint density at radius 2 is 1.73 bits per heavy atom. The van der Waals surface area contributed by atoms with Crippen molar-refractivity contribution in [2.75, 3.05) is 24.7 Å². The number of aliphatic hydroxyl groups excluding tert-OH is 1. The molecule has 4 aliphatic heterocycles. The van der Waals surface area contributed by atoms with Gasteiger partial charge in [0.15, 0.2) is 0 Å². The van der Waals surface area contributed by atoms with E-state index < -0.39 is 34.6 Å². The molecule has 2 fully saturated rings. The number of likely N-dealkylation sites (tertiary alicyclic amines) is 1. The Kier molecular flexibility index (Phi) is 6.47. The van der Waals surface area contributed by atoms with Crippen molar-refractivity contribution in [1.82, 2.24) is 4.90 Å². The summed E-state index contributed by atoms with van der Waals surface area (Å²) in [5.41, 5.74) is 1.47. The summed E-state index contributed by atoms with van der Waals surface area (Å²) in [6, 6.07) is 21.5. The minimum Gasteiger partial charge on any atom is -0.465 e. The molecule has 2 amide bonds. The van der Waals surface area contributed by atoms with Gasteiger partial charge in [0.1, 0.15) is 6.04 Å². The Morgan fingerprint density at radius 1 is 0.951 bits per heavy atom. The highest BCUT2D eigenvalue weighted by Crippen LogP contribution is 2.62. The molecule has 0 aliphatic carbocycles. The molecule has 3 aromatic carbocycles. The summed E-state index contributed by atoms with van der Waals surface area (Å²) in [4.78, 5) is 46.0. The maximum Gasteiger partial charge on any atom is 0.311 e. The summed E-state index contributed by atoms with van der Waals surface area (Å²) in [7, 11) is 0. The van der Waals surface area contributed by atoms with Crippen LogP contribution in [-0.2, 0) is 19.1 Å². The standard InChI is InChI=1S/C33H30N2O5S/c36-20-25(22-10-2-1-3-11-22)35-29-31(38)34(24-15-14-21-9-4-5-12-23(21)19-24)17-8-16-33(29)28(30(35)37)27-26(41-33)13-6-7-18-40-32(27)39/h1-6,8-16,19,25-29,36H,7,17-18,20H2/t25-,26-,27+,28+,29?,33+/m1/s1. The topological polar surface area (TPSA) is 87.2 Å². The minimum absolute atomic E-state index is 0.227. The lowest BCUT2D eigenvalue weighted by Gasteiger charge is -2.38. The summed E-state index contributed by atoms with van der Waals surface area (Å²) in [5, 5.41) is 12.5. The molecule has 8 heteroatoms. The number of benzene rings is 3. The first-order chi connectivity index (χ1) is 20.0. The molecule has 2 saturated heterocycles. The molecule has 0 bridgehead atoms. The van der Waals surface area contributed by atoms with Crippen LogP contribution in [0.5, 0.6) is 0 Å². The van der Waals surface area contributed by atoms with Crippen LogP contribution in [0.3, 0.4) is 0 Å². The van der Waals surface area contributed by atoms with Crippen LogP contribution in [0.1, 0.15) is 18.0 Å². The number of hydrogen-bond donors (Lipinski definition) is 1. The average molecular weight is 567 g/mol. The molecule has 1 N–H and O–H groups in total. The maximum atomic E-state index is 14.8. The predicted octanol–water partition coefficient (Wildman–Crippen LogP) is 4.28. The maximum absolute atomic E-state index is 14.8. The molecule has 7 nitrogen and oxygen atoms in total. The number of carbonyl (C=O) groups excluding carboxylic acids is 3. The van der Waals surface area contributed by atoms with Crippen molar-refractivity contribution in [3.63, 3.8) is 0 Å². The van der Waals surface area contributed by atoms with E-state index in [1.54, 1.807) is 9.80 Å². The van der Waals surface area contributed by atoms with Gasteiger partial charge in [-0.15, -0.1) is 11.8 Å². The van der Waals surface area contributed by atoms with Crippen molar-refractivity contribution in [1.29, 1.82) is 0 Å². The Hall–Kier alpha value is -3.88. The quantitative estimate of drug-likeness (QED) is 0.375. The molecule has 3 aromatic rings. The van der Waals surface area contributed by atoms with E-state index in [1.165, 1.54) is 11.8 Å². The fourth-order valence-corrected chi connectivity index (χ4v) is 8.98. The highest BCUT2D eigenvalue weighted by molar-refractivity contribution is 8.02. The minimum atomic E-state index is -0.995. The fourth-order valence-electron chi connectivity index (χ4n) is 6.99. The molecule has 0 saturated carbocycles. The van der Waals surface area contributed by atoms with E-state index in [2.05, 4.69) is 0 Å². The third-order valence-electron chi connectivity index (χ3n) is 8.80. The fraction of sp³-hybridized carbons (Fsp3) is 0.303. The van der Waals surface area contributed by atoms with Crippen LogP contribution in [0.4, 0.5) is 5.69 Å². The van der Waals surface area contributed by atoms with Gasteiger partial charge in [-0.3, -0.25) is 14.4 Å². The van der Waals surface area contributed by atoms with E-state index in [4.69, 9.17) is 4.74 Å². The van der Waals surface area contributed by atoms with Crippen molar-refractivity contribution >= 4 is 46.0 Å². The molecule has 0 radical (unpaired) electrons. The van der Waals surface area contributed by atoms with Gasteiger partial charge < -0.3 is 19.6 Å². The molecule has 7 rings (SSSR count). The number of thioether (sulfide) groups is 1. The number of fused-ring (bicyclic) bond motifs is 3. The van der Waals surface area contributed by atoms with Crippen molar-refractivity contribution in [2.45, 2.75) is 28.5 Å². The van der Waals surface area contributed by atoms with E-state index in [0.717, 1.165) is 22.0 Å². The van der Waals surface area contributed by atoms with Crippen molar-refractivity contribution in [3.8, 4) is 0 Å². The number of aliphatic hydroxyl groups is 1. The van der Waals surface area contributed by atoms with Gasteiger partial charge in [0.2, 0.25) is 5.91 Å². The Labute approximate surface area is 242 Å². The molecule has 0 aromatic heterocycles. The monoisotopic (exact) mass is 566 g/mol. The molecule has 208 valence electrons. The van der Waals surface area contributed by atoms with Crippen molar-refractivity contribution in [2.24, 2.45) is 11.8 Å².